The standard InChI is InChI=1S/C16H18N2O4/c19-14-15(20)18(12-6-4-5-7-12)16(21)17(14)10-11-22-13-8-2-1-3-9-13/h1-3,8-9,12H,4-7,10-11H2. The van der Waals surface area contributed by atoms with E-state index in [1.807, 2.05) is 18.2 Å². The summed E-state index contributed by atoms with van der Waals surface area (Å²) in [6.45, 7) is 0.259. The van der Waals surface area contributed by atoms with Crippen molar-refractivity contribution >= 4 is 17.8 Å². The fourth-order valence-corrected chi connectivity index (χ4v) is 2.98. The van der Waals surface area contributed by atoms with Gasteiger partial charge in [0.1, 0.15) is 12.4 Å². The van der Waals surface area contributed by atoms with Crippen LogP contribution in [0.2, 0.25) is 0 Å². The molecule has 3 rings (SSSR count). The summed E-state index contributed by atoms with van der Waals surface area (Å²) in [6.07, 6.45) is 3.57. The van der Waals surface area contributed by atoms with Gasteiger partial charge in [-0.05, 0) is 25.0 Å². The fraction of sp³-hybridized carbons (Fsp3) is 0.438. The molecule has 1 saturated carbocycles. The van der Waals surface area contributed by atoms with Gasteiger partial charge in [0, 0.05) is 6.04 Å². The number of nitrogens with zero attached hydrogens (tertiary/aromatic N) is 2. The van der Waals surface area contributed by atoms with Gasteiger partial charge in [-0.2, -0.15) is 0 Å². The molecule has 1 aromatic rings. The van der Waals surface area contributed by atoms with Gasteiger partial charge in [-0.25, -0.2) is 4.79 Å². The normalized spacial score (nSPS) is 19.4. The van der Waals surface area contributed by atoms with Crippen molar-refractivity contribution in [2.75, 3.05) is 13.2 Å². The van der Waals surface area contributed by atoms with Crippen molar-refractivity contribution in [3.63, 3.8) is 0 Å². The first-order valence-electron chi connectivity index (χ1n) is 7.55. The average molecular weight is 302 g/mol. The number of hydrogen-bond donors (Lipinski definition) is 0. The molecule has 0 N–H and O–H groups in total. The molecule has 1 aliphatic carbocycles. The molecule has 0 aromatic heterocycles. The molecule has 1 saturated heterocycles. The second kappa shape index (κ2) is 6.17. The lowest BCUT2D eigenvalue weighted by Gasteiger charge is -2.21. The van der Waals surface area contributed by atoms with Crippen molar-refractivity contribution in [1.82, 2.24) is 9.80 Å². The van der Waals surface area contributed by atoms with Crippen LogP contribution >= 0.6 is 0 Å². The highest BCUT2D eigenvalue weighted by molar-refractivity contribution is 6.44. The van der Waals surface area contributed by atoms with E-state index in [2.05, 4.69) is 0 Å². The van der Waals surface area contributed by atoms with Crippen LogP contribution in [-0.2, 0) is 9.59 Å². The number of carbonyl (C=O) groups is 3. The summed E-state index contributed by atoms with van der Waals surface area (Å²) in [5.74, 6) is -0.772. The van der Waals surface area contributed by atoms with Gasteiger partial charge in [0.2, 0.25) is 0 Å². The van der Waals surface area contributed by atoms with E-state index in [0.717, 1.165) is 35.5 Å². The smallest absolute Gasteiger partial charge is 0.334 e. The summed E-state index contributed by atoms with van der Waals surface area (Å²) in [4.78, 5) is 38.4. The van der Waals surface area contributed by atoms with Gasteiger partial charge in [0.05, 0.1) is 6.54 Å². The molecule has 0 unspecified atom stereocenters. The summed E-state index contributed by atoms with van der Waals surface area (Å²) in [5, 5.41) is 0. The van der Waals surface area contributed by atoms with Crippen LogP contribution in [0.25, 0.3) is 0 Å². The van der Waals surface area contributed by atoms with Crippen molar-refractivity contribution in [3.05, 3.63) is 30.3 Å². The van der Waals surface area contributed by atoms with Crippen LogP contribution < -0.4 is 4.74 Å². The molecule has 0 atom stereocenters. The molecule has 116 valence electrons. The first-order valence-corrected chi connectivity index (χ1v) is 7.55. The van der Waals surface area contributed by atoms with Gasteiger partial charge in [-0.1, -0.05) is 31.0 Å². The van der Waals surface area contributed by atoms with E-state index in [4.69, 9.17) is 4.74 Å². The van der Waals surface area contributed by atoms with Crippen LogP contribution in [0, 0.1) is 0 Å². The number of carbonyl (C=O) groups excluding carboxylic acids is 3. The first kappa shape index (κ1) is 14.6. The second-order valence-electron chi connectivity index (χ2n) is 5.51. The molecular formula is C16H18N2O4. The lowest BCUT2D eigenvalue weighted by Crippen LogP contribution is -2.40. The number of benzene rings is 1. The molecule has 1 heterocycles. The molecule has 4 amide bonds. The SMILES string of the molecule is O=C1C(=O)N(C2CCCC2)C(=O)N1CCOc1ccccc1. The number of para-hydroxylation sites is 1. The zero-order valence-corrected chi connectivity index (χ0v) is 12.2. The molecule has 0 bridgehead atoms. The molecular weight excluding hydrogens is 284 g/mol. The van der Waals surface area contributed by atoms with Crippen molar-refractivity contribution in [3.8, 4) is 5.75 Å². The quantitative estimate of drug-likeness (QED) is 0.614. The van der Waals surface area contributed by atoms with Crippen LogP contribution in [0.4, 0.5) is 4.79 Å². The first-order chi connectivity index (χ1) is 10.7. The number of rotatable bonds is 5. The lowest BCUT2D eigenvalue weighted by molar-refractivity contribution is -0.144. The Morgan fingerprint density at radius 2 is 1.68 bits per heavy atom. The lowest BCUT2D eigenvalue weighted by atomic mass is 10.2. The maximum atomic E-state index is 12.3. The summed E-state index contributed by atoms with van der Waals surface area (Å²) in [7, 11) is 0. The monoisotopic (exact) mass is 302 g/mol. The number of urea groups is 1. The Hall–Kier alpha value is -2.37. The third-order valence-electron chi connectivity index (χ3n) is 4.10. The maximum absolute atomic E-state index is 12.3. The fourth-order valence-electron chi connectivity index (χ4n) is 2.98. The Labute approximate surface area is 128 Å². The summed E-state index contributed by atoms with van der Waals surface area (Å²) in [6, 6.07) is 8.52. The van der Waals surface area contributed by atoms with Gasteiger partial charge in [0.25, 0.3) is 0 Å². The van der Waals surface area contributed by atoms with Crippen LogP contribution in [0.1, 0.15) is 25.7 Å². The van der Waals surface area contributed by atoms with E-state index in [1.165, 1.54) is 0 Å². The van der Waals surface area contributed by atoms with Gasteiger partial charge >= 0.3 is 17.8 Å². The summed E-state index contributed by atoms with van der Waals surface area (Å²) < 4.78 is 5.48. The zero-order valence-electron chi connectivity index (χ0n) is 12.2. The molecule has 0 spiro atoms. The Kier molecular flexibility index (Phi) is 4.09. The maximum Gasteiger partial charge on any atom is 0.334 e. The Bertz CT molecular complexity index is 581. The van der Waals surface area contributed by atoms with Gasteiger partial charge < -0.3 is 4.74 Å². The highest BCUT2D eigenvalue weighted by atomic mass is 16.5. The number of ether oxygens (including phenoxy) is 1. The summed E-state index contributed by atoms with van der Waals surface area (Å²) >= 11 is 0. The predicted molar refractivity (Wildman–Crippen MR) is 78.1 cm³/mol. The highest BCUT2D eigenvalue weighted by Crippen LogP contribution is 2.27. The molecule has 22 heavy (non-hydrogen) atoms. The topological polar surface area (TPSA) is 66.9 Å². The molecule has 2 fully saturated rings. The predicted octanol–water partition coefficient (Wildman–Crippen LogP) is 1.80. The van der Waals surface area contributed by atoms with E-state index >= 15 is 0 Å². The van der Waals surface area contributed by atoms with Crippen molar-refractivity contribution < 1.29 is 19.1 Å². The van der Waals surface area contributed by atoms with Crippen LogP contribution in [0.3, 0.4) is 0 Å². The minimum absolute atomic E-state index is 0.0848. The van der Waals surface area contributed by atoms with E-state index in [0.29, 0.717) is 5.75 Å². The van der Waals surface area contributed by atoms with E-state index < -0.39 is 17.8 Å². The van der Waals surface area contributed by atoms with Crippen LogP contribution in [0.15, 0.2) is 30.3 Å². The van der Waals surface area contributed by atoms with Gasteiger partial charge in [-0.15, -0.1) is 0 Å². The second-order valence-corrected chi connectivity index (χ2v) is 5.51. The molecule has 6 nitrogen and oxygen atoms in total. The Morgan fingerprint density at radius 3 is 2.36 bits per heavy atom. The van der Waals surface area contributed by atoms with E-state index in [9.17, 15) is 14.4 Å². The number of amides is 4. The third-order valence-corrected chi connectivity index (χ3v) is 4.10. The Morgan fingerprint density at radius 1 is 1.00 bits per heavy atom. The van der Waals surface area contributed by atoms with Gasteiger partial charge in [0.15, 0.2) is 0 Å². The minimum Gasteiger partial charge on any atom is -0.492 e. The van der Waals surface area contributed by atoms with Gasteiger partial charge in [-0.3, -0.25) is 19.4 Å². The highest BCUT2D eigenvalue weighted by Gasteiger charge is 2.47. The third kappa shape index (κ3) is 2.68. The molecule has 1 aliphatic heterocycles. The van der Waals surface area contributed by atoms with Crippen molar-refractivity contribution in [1.29, 1.82) is 0 Å². The molecule has 0 radical (unpaired) electrons. The minimum atomic E-state index is -0.742. The zero-order chi connectivity index (χ0) is 15.5. The molecule has 1 aromatic carbocycles. The molecule has 6 heteroatoms. The van der Waals surface area contributed by atoms with Crippen molar-refractivity contribution in [2.45, 2.75) is 31.7 Å². The number of imide groups is 2. The van der Waals surface area contributed by atoms with Crippen LogP contribution in [-0.4, -0.2) is 46.8 Å². The van der Waals surface area contributed by atoms with E-state index in [-0.39, 0.29) is 19.2 Å². The number of hydrogen-bond acceptors (Lipinski definition) is 4. The Balaban J connectivity index is 1.60. The molecule has 2 aliphatic rings. The average Bonchev–Trinajstić information content (AvgIpc) is 3.11. The van der Waals surface area contributed by atoms with Crippen LogP contribution in [0.5, 0.6) is 5.75 Å². The van der Waals surface area contributed by atoms with Crippen molar-refractivity contribution in [2.24, 2.45) is 0 Å². The van der Waals surface area contributed by atoms with E-state index in [1.54, 1.807) is 12.1 Å². The largest absolute Gasteiger partial charge is 0.492 e. The summed E-state index contributed by atoms with van der Waals surface area (Å²) in [5.41, 5.74) is 0.